The molecule has 0 unspecified atom stereocenters. The number of hydrogen-bond donors (Lipinski definition) is 1. The highest BCUT2D eigenvalue weighted by atomic mass is 35.5. The molecule has 0 spiro atoms. The Bertz CT molecular complexity index is 886. The van der Waals surface area contributed by atoms with Crippen molar-refractivity contribution in [1.82, 2.24) is 10.4 Å². The minimum Gasteiger partial charge on any atom is -0.271 e. The van der Waals surface area contributed by atoms with Gasteiger partial charge in [0, 0.05) is 23.0 Å². The lowest BCUT2D eigenvalue weighted by Crippen LogP contribution is -2.39. The molecular formula is C16H17ClN4O3S. The maximum absolute atomic E-state index is 12.1. The molecule has 1 heterocycles. The molecule has 1 aromatic heterocycles. The van der Waals surface area contributed by atoms with Crippen LogP contribution < -0.4 is 9.73 Å². The van der Waals surface area contributed by atoms with Gasteiger partial charge in [0.15, 0.2) is 0 Å². The highest BCUT2D eigenvalue weighted by Gasteiger charge is 2.22. The molecule has 0 aliphatic carbocycles. The number of hydrogen-bond acceptors (Lipinski definition) is 5. The summed E-state index contributed by atoms with van der Waals surface area (Å²) in [6.07, 6.45) is 5.64. The summed E-state index contributed by atoms with van der Waals surface area (Å²) in [7, 11) is -3.68. The molecule has 7 nitrogen and oxygen atoms in total. The fourth-order valence-corrected chi connectivity index (χ4v) is 3.10. The molecule has 2 rings (SSSR count). The predicted octanol–water partition coefficient (Wildman–Crippen LogP) is 1.96. The molecule has 9 heteroatoms. The number of halogens is 1. The molecule has 2 aromatic rings. The lowest BCUT2D eigenvalue weighted by Gasteiger charge is -2.23. The predicted molar refractivity (Wildman–Crippen MR) is 98.4 cm³/mol. The summed E-state index contributed by atoms with van der Waals surface area (Å²) < 4.78 is 25.2. The van der Waals surface area contributed by atoms with Crippen molar-refractivity contribution in [3.8, 4) is 0 Å². The second kappa shape index (κ2) is 8.09. The fraction of sp³-hybridized carbons (Fsp3) is 0.188. The number of nitrogens with one attached hydrogen (secondary N) is 1. The smallest absolute Gasteiger partial charge is 0.260 e. The van der Waals surface area contributed by atoms with Crippen LogP contribution in [0.5, 0.6) is 0 Å². The van der Waals surface area contributed by atoms with Crippen molar-refractivity contribution in [3.05, 3.63) is 58.9 Å². The number of pyridine rings is 1. The molecule has 0 radical (unpaired) electrons. The van der Waals surface area contributed by atoms with E-state index in [0.717, 1.165) is 10.6 Å². The lowest BCUT2D eigenvalue weighted by atomic mass is 10.2. The largest absolute Gasteiger partial charge is 0.271 e. The van der Waals surface area contributed by atoms with Crippen molar-refractivity contribution < 1.29 is 13.2 Å². The number of aromatic nitrogens is 1. The van der Waals surface area contributed by atoms with E-state index in [4.69, 9.17) is 11.6 Å². The van der Waals surface area contributed by atoms with E-state index in [2.05, 4.69) is 15.5 Å². The van der Waals surface area contributed by atoms with Gasteiger partial charge in [-0.1, -0.05) is 23.7 Å². The summed E-state index contributed by atoms with van der Waals surface area (Å²) in [5, 5.41) is 4.18. The van der Waals surface area contributed by atoms with Crippen molar-refractivity contribution in [3.63, 3.8) is 0 Å². The first-order chi connectivity index (χ1) is 11.8. The van der Waals surface area contributed by atoms with Crippen LogP contribution in [0.2, 0.25) is 5.02 Å². The van der Waals surface area contributed by atoms with E-state index in [0.29, 0.717) is 21.8 Å². The van der Waals surface area contributed by atoms with Gasteiger partial charge in [0.25, 0.3) is 5.91 Å². The third kappa shape index (κ3) is 5.54. The standard InChI is InChI=1S/C16H17ClN4O3S/c1-12-5-6-14(17)8-15(12)21(25(2,23)24)11-16(22)20-19-10-13-4-3-7-18-9-13/h3-10H,11H2,1-2H3,(H,20,22)/b19-10-. The van der Waals surface area contributed by atoms with Crippen molar-refractivity contribution in [2.24, 2.45) is 5.10 Å². The fourth-order valence-electron chi connectivity index (χ4n) is 2.03. The number of anilines is 1. The van der Waals surface area contributed by atoms with Crippen LogP contribution in [-0.4, -0.2) is 38.3 Å². The Morgan fingerprint density at radius 3 is 2.80 bits per heavy atom. The van der Waals surface area contributed by atoms with Crippen LogP contribution in [0.3, 0.4) is 0 Å². The van der Waals surface area contributed by atoms with E-state index in [1.165, 1.54) is 12.3 Å². The summed E-state index contributed by atoms with van der Waals surface area (Å²) in [6, 6.07) is 8.34. The van der Waals surface area contributed by atoms with Crippen LogP contribution in [0, 0.1) is 6.92 Å². The average Bonchev–Trinajstić information content (AvgIpc) is 2.55. The Kier molecular flexibility index (Phi) is 6.11. The topological polar surface area (TPSA) is 91.7 Å². The molecule has 0 aliphatic heterocycles. The molecule has 25 heavy (non-hydrogen) atoms. The van der Waals surface area contributed by atoms with Crippen molar-refractivity contribution in [1.29, 1.82) is 0 Å². The zero-order chi connectivity index (χ0) is 18.4. The summed E-state index contributed by atoms with van der Waals surface area (Å²) >= 11 is 5.95. The van der Waals surface area contributed by atoms with Gasteiger partial charge in [-0.25, -0.2) is 13.8 Å². The number of sulfonamides is 1. The maximum atomic E-state index is 12.1. The molecule has 0 bridgehead atoms. The number of aryl methyl sites for hydroxylation is 1. The molecule has 0 fully saturated rings. The number of benzene rings is 1. The number of rotatable bonds is 6. The van der Waals surface area contributed by atoms with Crippen LogP contribution in [0.25, 0.3) is 0 Å². The first kappa shape index (κ1) is 18.9. The number of nitrogens with zero attached hydrogens (tertiary/aromatic N) is 3. The number of hydrazone groups is 1. The van der Waals surface area contributed by atoms with Gasteiger partial charge in [0.05, 0.1) is 18.2 Å². The number of carbonyl (C=O) groups excluding carboxylic acids is 1. The highest BCUT2D eigenvalue weighted by Crippen LogP contribution is 2.26. The quantitative estimate of drug-likeness (QED) is 0.612. The molecular weight excluding hydrogens is 364 g/mol. The van der Waals surface area contributed by atoms with Crippen molar-refractivity contribution in [2.45, 2.75) is 6.92 Å². The lowest BCUT2D eigenvalue weighted by molar-refractivity contribution is -0.119. The molecule has 1 N–H and O–H groups in total. The Morgan fingerprint density at radius 2 is 2.16 bits per heavy atom. The van der Waals surface area contributed by atoms with Crippen LogP contribution in [0.15, 0.2) is 47.8 Å². The van der Waals surface area contributed by atoms with Crippen molar-refractivity contribution >= 4 is 39.4 Å². The molecule has 0 atom stereocenters. The minimum absolute atomic E-state index is 0.349. The minimum atomic E-state index is -3.68. The Labute approximate surface area is 151 Å². The number of amides is 1. The third-order valence-electron chi connectivity index (χ3n) is 3.21. The summed E-state index contributed by atoms with van der Waals surface area (Å²) in [6.45, 7) is 1.33. The van der Waals surface area contributed by atoms with E-state index in [1.54, 1.807) is 43.6 Å². The van der Waals surface area contributed by atoms with Gasteiger partial charge in [0.1, 0.15) is 6.54 Å². The second-order valence-electron chi connectivity index (χ2n) is 5.28. The van der Waals surface area contributed by atoms with Gasteiger partial charge >= 0.3 is 0 Å². The van der Waals surface area contributed by atoms with Gasteiger partial charge in [-0.2, -0.15) is 5.10 Å². The van der Waals surface area contributed by atoms with Crippen LogP contribution in [0.1, 0.15) is 11.1 Å². The first-order valence-corrected chi connectivity index (χ1v) is 9.46. The number of carbonyl (C=O) groups is 1. The van der Waals surface area contributed by atoms with Gasteiger partial charge in [-0.3, -0.25) is 14.1 Å². The Balaban J connectivity index is 2.14. The van der Waals surface area contributed by atoms with Gasteiger partial charge in [-0.15, -0.1) is 0 Å². The van der Waals surface area contributed by atoms with Gasteiger partial charge in [-0.05, 0) is 30.7 Å². The molecule has 0 aliphatic rings. The van der Waals surface area contributed by atoms with E-state index in [-0.39, 0.29) is 0 Å². The normalized spacial score (nSPS) is 11.5. The second-order valence-corrected chi connectivity index (χ2v) is 7.62. The Morgan fingerprint density at radius 1 is 1.40 bits per heavy atom. The summed E-state index contributed by atoms with van der Waals surface area (Å²) in [5.41, 5.74) is 4.03. The zero-order valence-corrected chi connectivity index (χ0v) is 15.3. The highest BCUT2D eigenvalue weighted by molar-refractivity contribution is 7.92. The van der Waals surface area contributed by atoms with E-state index in [1.807, 2.05) is 0 Å². The molecule has 0 saturated heterocycles. The van der Waals surface area contributed by atoms with Crippen LogP contribution in [-0.2, 0) is 14.8 Å². The van der Waals surface area contributed by atoms with Crippen LogP contribution in [0.4, 0.5) is 5.69 Å². The van der Waals surface area contributed by atoms with E-state index in [9.17, 15) is 13.2 Å². The van der Waals surface area contributed by atoms with E-state index >= 15 is 0 Å². The van der Waals surface area contributed by atoms with Crippen molar-refractivity contribution in [2.75, 3.05) is 17.1 Å². The maximum Gasteiger partial charge on any atom is 0.260 e. The summed E-state index contributed by atoms with van der Waals surface area (Å²) in [5.74, 6) is -0.579. The average molecular weight is 381 g/mol. The molecule has 1 aromatic carbocycles. The van der Waals surface area contributed by atoms with Gasteiger partial charge in [0.2, 0.25) is 10.0 Å². The molecule has 0 saturated carbocycles. The summed E-state index contributed by atoms with van der Waals surface area (Å²) in [4.78, 5) is 16.0. The third-order valence-corrected chi connectivity index (χ3v) is 4.58. The molecule has 132 valence electrons. The molecule has 1 amide bonds. The zero-order valence-electron chi connectivity index (χ0n) is 13.7. The van der Waals surface area contributed by atoms with Crippen LogP contribution >= 0.6 is 11.6 Å². The first-order valence-electron chi connectivity index (χ1n) is 7.23. The van der Waals surface area contributed by atoms with Gasteiger partial charge < -0.3 is 0 Å². The van der Waals surface area contributed by atoms with E-state index < -0.39 is 22.5 Å². The Hall–Kier alpha value is -2.45. The monoisotopic (exact) mass is 380 g/mol. The SMILES string of the molecule is Cc1ccc(Cl)cc1N(CC(=O)N/N=C\c1cccnc1)S(C)(=O)=O.